The summed E-state index contributed by atoms with van der Waals surface area (Å²) < 4.78 is 5.37. The van der Waals surface area contributed by atoms with Gasteiger partial charge < -0.3 is 9.84 Å². The van der Waals surface area contributed by atoms with Gasteiger partial charge in [0.2, 0.25) is 0 Å². The van der Waals surface area contributed by atoms with Crippen LogP contribution < -0.4 is 0 Å². The van der Waals surface area contributed by atoms with Gasteiger partial charge in [0.05, 0.1) is 13.2 Å². The van der Waals surface area contributed by atoms with Crippen LogP contribution in [0.1, 0.15) is 17.2 Å². The van der Waals surface area contributed by atoms with Crippen LogP contribution in [0, 0.1) is 0 Å². The first-order valence-corrected chi connectivity index (χ1v) is 6.89. The Morgan fingerprint density at radius 1 is 1.05 bits per heavy atom. The van der Waals surface area contributed by atoms with Crippen molar-refractivity contribution in [2.24, 2.45) is 0 Å². The summed E-state index contributed by atoms with van der Waals surface area (Å²) in [6.07, 6.45) is 6.62. The molecule has 0 bridgehead atoms. The first kappa shape index (κ1) is 12.4. The maximum atomic E-state index is 10.3. The number of fused-ring (bicyclic) bond motifs is 2. The van der Waals surface area contributed by atoms with Crippen molar-refractivity contribution in [2.75, 3.05) is 6.61 Å². The third kappa shape index (κ3) is 2.09. The highest BCUT2D eigenvalue weighted by Gasteiger charge is 2.22. The SMILES string of the molecule is OC1COCc2cncc(-c3ccc4cnccc4c3)c21. The lowest BCUT2D eigenvalue weighted by atomic mass is 9.92. The summed E-state index contributed by atoms with van der Waals surface area (Å²) in [4.78, 5) is 8.41. The van der Waals surface area contributed by atoms with E-state index in [1.165, 1.54) is 0 Å². The zero-order chi connectivity index (χ0) is 14.2. The minimum atomic E-state index is -0.597. The fourth-order valence-electron chi connectivity index (χ4n) is 2.87. The molecule has 4 nitrogen and oxygen atoms in total. The molecule has 0 aliphatic carbocycles. The third-order valence-electron chi connectivity index (χ3n) is 3.89. The van der Waals surface area contributed by atoms with E-state index in [9.17, 15) is 5.11 Å². The summed E-state index contributed by atoms with van der Waals surface area (Å²) in [6.45, 7) is 0.840. The molecule has 3 heterocycles. The normalized spacial score (nSPS) is 17.7. The number of hydrogen-bond acceptors (Lipinski definition) is 4. The van der Waals surface area contributed by atoms with Gasteiger partial charge in [-0.3, -0.25) is 9.97 Å². The molecular weight excluding hydrogens is 264 g/mol. The predicted octanol–water partition coefficient (Wildman–Crippen LogP) is 2.86. The average molecular weight is 278 g/mol. The van der Waals surface area contributed by atoms with Gasteiger partial charge in [-0.25, -0.2) is 0 Å². The maximum Gasteiger partial charge on any atom is 0.103 e. The van der Waals surface area contributed by atoms with Crippen molar-refractivity contribution in [1.82, 2.24) is 9.97 Å². The summed E-state index contributed by atoms with van der Waals surface area (Å²) in [6, 6.07) is 8.18. The zero-order valence-electron chi connectivity index (χ0n) is 11.4. The largest absolute Gasteiger partial charge is 0.386 e. The van der Waals surface area contributed by atoms with E-state index in [0.29, 0.717) is 13.2 Å². The highest BCUT2D eigenvalue weighted by atomic mass is 16.5. The van der Waals surface area contributed by atoms with Gasteiger partial charge in [-0.15, -0.1) is 0 Å². The second kappa shape index (κ2) is 4.91. The van der Waals surface area contributed by atoms with E-state index in [1.807, 2.05) is 30.6 Å². The van der Waals surface area contributed by atoms with Crippen molar-refractivity contribution >= 4 is 10.8 Å². The van der Waals surface area contributed by atoms with Crippen molar-refractivity contribution in [1.29, 1.82) is 0 Å². The molecule has 0 amide bonds. The molecule has 0 saturated carbocycles. The predicted molar refractivity (Wildman–Crippen MR) is 79.6 cm³/mol. The number of nitrogens with zero attached hydrogens (tertiary/aromatic N) is 2. The smallest absolute Gasteiger partial charge is 0.103 e. The van der Waals surface area contributed by atoms with Gasteiger partial charge in [0.15, 0.2) is 0 Å². The monoisotopic (exact) mass is 278 g/mol. The lowest BCUT2D eigenvalue weighted by Gasteiger charge is -2.24. The highest BCUT2D eigenvalue weighted by Crippen LogP contribution is 2.34. The van der Waals surface area contributed by atoms with Gasteiger partial charge in [-0.05, 0) is 28.6 Å². The number of aromatic nitrogens is 2. The van der Waals surface area contributed by atoms with Crippen LogP contribution in [0.15, 0.2) is 49.1 Å². The second-order valence-electron chi connectivity index (χ2n) is 5.23. The Hall–Kier alpha value is -2.30. The van der Waals surface area contributed by atoms with E-state index in [-0.39, 0.29) is 0 Å². The summed E-state index contributed by atoms with van der Waals surface area (Å²) in [7, 11) is 0. The van der Waals surface area contributed by atoms with E-state index in [0.717, 1.165) is 33.0 Å². The second-order valence-corrected chi connectivity index (χ2v) is 5.23. The van der Waals surface area contributed by atoms with E-state index < -0.39 is 6.10 Å². The maximum absolute atomic E-state index is 10.3. The Labute approximate surface area is 122 Å². The molecule has 4 heteroatoms. The van der Waals surface area contributed by atoms with Crippen LogP contribution in [-0.2, 0) is 11.3 Å². The summed E-state index contributed by atoms with van der Waals surface area (Å²) in [5.41, 5.74) is 3.92. The van der Waals surface area contributed by atoms with Crippen LogP contribution in [0.5, 0.6) is 0 Å². The van der Waals surface area contributed by atoms with E-state index in [2.05, 4.69) is 16.0 Å². The zero-order valence-corrected chi connectivity index (χ0v) is 11.4. The molecule has 21 heavy (non-hydrogen) atoms. The number of ether oxygens (including phenoxy) is 1. The van der Waals surface area contributed by atoms with Gasteiger partial charge in [-0.2, -0.15) is 0 Å². The molecule has 1 aliphatic rings. The molecule has 3 aromatic rings. The molecule has 104 valence electrons. The van der Waals surface area contributed by atoms with Crippen molar-refractivity contribution in [3.8, 4) is 11.1 Å². The minimum Gasteiger partial charge on any atom is -0.386 e. The van der Waals surface area contributed by atoms with Crippen molar-refractivity contribution in [3.63, 3.8) is 0 Å². The third-order valence-corrected chi connectivity index (χ3v) is 3.89. The van der Waals surface area contributed by atoms with Gasteiger partial charge in [0.25, 0.3) is 0 Å². The molecule has 1 unspecified atom stereocenters. The van der Waals surface area contributed by atoms with Gasteiger partial charge in [-0.1, -0.05) is 12.1 Å². The molecule has 4 rings (SSSR count). The molecule has 0 radical (unpaired) electrons. The summed E-state index contributed by atoms with van der Waals surface area (Å²) in [5, 5.41) is 12.5. The lowest BCUT2D eigenvalue weighted by molar-refractivity contribution is 0.00995. The Bertz CT molecular complexity index is 817. The molecule has 0 fully saturated rings. The van der Waals surface area contributed by atoms with Crippen LogP contribution in [0.25, 0.3) is 21.9 Å². The molecule has 0 spiro atoms. The number of aliphatic hydroxyl groups is 1. The number of hydrogen-bond donors (Lipinski definition) is 1. The minimum absolute atomic E-state index is 0.335. The van der Waals surface area contributed by atoms with Crippen molar-refractivity contribution in [2.45, 2.75) is 12.7 Å². The van der Waals surface area contributed by atoms with Crippen LogP contribution >= 0.6 is 0 Å². The molecule has 1 atom stereocenters. The quantitative estimate of drug-likeness (QED) is 0.743. The van der Waals surface area contributed by atoms with Gasteiger partial charge >= 0.3 is 0 Å². The number of aliphatic hydroxyl groups excluding tert-OH is 1. The highest BCUT2D eigenvalue weighted by molar-refractivity contribution is 5.87. The average Bonchev–Trinajstić information content (AvgIpc) is 2.54. The topological polar surface area (TPSA) is 55.2 Å². The molecule has 1 aliphatic heterocycles. The van der Waals surface area contributed by atoms with Crippen LogP contribution in [-0.4, -0.2) is 21.7 Å². The van der Waals surface area contributed by atoms with Crippen molar-refractivity contribution < 1.29 is 9.84 Å². The Balaban J connectivity index is 1.92. The lowest BCUT2D eigenvalue weighted by Crippen LogP contribution is -2.17. The fraction of sp³-hybridized carbons (Fsp3) is 0.176. The Morgan fingerprint density at radius 2 is 2.00 bits per heavy atom. The van der Waals surface area contributed by atoms with Crippen molar-refractivity contribution in [3.05, 3.63) is 60.2 Å². The standard InChI is InChI=1S/C17H14N2O2/c20-16-10-21-9-14-7-19-8-15(17(14)16)12-1-2-13-6-18-4-3-11(13)5-12/h1-8,16,20H,9-10H2. The number of rotatable bonds is 1. The van der Waals surface area contributed by atoms with Crippen LogP contribution in [0.3, 0.4) is 0 Å². The number of pyridine rings is 2. The molecule has 0 saturated heterocycles. The van der Waals surface area contributed by atoms with Crippen LogP contribution in [0.2, 0.25) is 0 Å². The van der Waals surface area contributed by atoms with E-state index in [4.69, 9.17) is 4.74 Å². The first-order chi connectivity index (χ1) is 10.3. The fourth-order valence-corrected chi connectivity index (χ4v) is 2.87. The Kier molecular flexibility index (Phi) is 2.91. The van der Waals surface area contributed by atoms with E-state index >= 15 is 0 Å². The summed E-state index contributed by atoms with van der Waals surface area (Å²) >= 11 is 0. The molecule has 1 N–H and O–H groups in total. The van der Waals surface area contributed by atoms with Gasteiger partial charge in [0.1, 0.15) is 6.10 Å². The molecule has 2 aromatic heterocycles. The van der Waals surface area contributed by atoms with Crippen LogP contribution in [0.4, 0.5) is 0 Å². The number of benzene rings is 1. The molecule has 1 aromatic carbocycles. The first-order valence-electron chi connectivity index (χ1n) is 6.89. The van der Waals surface area contributed by atoms with E-state index in [1.54, 1.807) is 12.4 Å². The summed E-state index contributed by atoms with van der Waals surface area (Å²) in [5.74, 6) is 0. The van der Waals surface area contributed by atoms with Gasteiger partial charge in [0, 0.05) is 41.3 Å². The molecular formula is C17H14N2O2. The Morgan fingerprint density at radius 3 is 2.95 bits per heavy atom.